The second kappa shape index (κ2) is 9.90. The van der Waals surface area contributed by atoms with Gasteiger partial charge in [-0.15, -0.1) is 0 Å². The highest BCUT2D eigenvalue weighted by atomic mass is 32.2. The molecule has 3 aromatic carbocycles. The van der Waals surface area contributed by atoms with E-state index < -0.39 is 10.1 Å². The van der Waals surface area contributed by atoms with Gasteiger partial charge in [-0.3, -0.25) is 4.55 Å². The summed E-state index contributed by atoms with van der Waals surface area (Å²) >= 11 is 0. The highest BCUT2D eigenvalue weighted by molar-refractivity contribution is 7.85. The Bertz CT molecular complexity index is 1070. The summed E-state index contributed by atoms with van der Waals surface area (Å²) in [4.78, 5) is -0.0666. The zero-order chi connectivity index (χ0) is 23.4. The van der Waals surface area contributed by atoms with Crippen LogP contribution in [0.4, 0.5) is 8.78 Å². The van der Waals surface area contributed by atoms with E-state index in [9.17, 15) is 22.3 Å². The quantitative estimate of drug-likeness (QED) is 0.512. The molecule has 0 spiro atoms. The molecular weight excluding hydrogens is 434 g/mol. The third-order valence-electron chi connectivity index (χ3n) is 5.92. The smallest absolute Gasteiger partial charge is 0.294 e. The third kappa shape index (κ3) is 5.79. The number of benzene rings is 3. The second-order valence-electron chi connectivity index (χ2n) is 8.12. The Kier molecular flexibility index (Phi) is 7.44. The largest absolute Gasteiger partial charge is 0.393 e. The van der Waals surface area contributed by atoms with E-state index in [1.807, 2.05) is 6.92 Å². The third-order valence-corrected chi connectivity index (χ3v) is 6.79. The molecule has 0 unspecified atom stereocenters. The van der Waals surface area contributed by atoms with Crippen molar-refractivity contribution in [3.63, 3.8) is 0 Å². The van der Waals surface area contributed by atoms with Gasteiger partial charge in [-0.05, 0) is 80.1 Å². The van der Waals surface area contributed by atoms with Gasteiger partial charge in [-0.25, -0.2) is 8.78 Å². The van der Waals surface area contributed by atoms with Crippen molar-refractivity contribution in [3.05, 3.63) is 101 Å². The lowest BCUT2D eigenvalue weighted by Gasteiger charge is -2.40. The number of aliphatic hydroxyl groups excluding tert-OH is 1. The highest BCUT2D eigenvalue weighted by Crippen LogP contribution is 2.44. The Morgan fingerprint density at radius 3 is 1.56 bits per heavy atom. The highest BCUT2D eigenvalue weighted by Gasteiger charge is 2.38. The zero-order valence-electron chi connectivity index (χ0n) is 17.7. The van der Waals surface area contributed by atoms with E-state index >= 15 is 0 Å². The molecule has 1 aliphatic carbocycles. The van der Waals surface area contributed by atoms with Gasteiger partial charge in [0, 0.05) is 5.41 Å². The van der Waals surface area contributed by atoms with Gasteiger partial charge in [0.1, 0.15) is 11.6 Å². The number of hydrogen-bond acceptors (Lipinski definition) is 3. The van der Waals surface area contributed by atoms with Gasteiger partial charge in [-0.2, -0.15) is 8.42 Å². The molecule has 170 valence electrons. The standard InChI is InChI=1S/C18H18F2O.C7H8O3S/c19-15-5-1-13(2-6-15)18(11-9-17(21)10-12-18)14-3-7-16(20)8-4-14;1-6-2-4-7(5-3-6)11(8,9)10/h1-8,17,21H,9-12H2;2-5H,1H3,(H,8,9,10). The van der Waals surface area contributed by atoms with Crippen molar-refractivity contribution < 1.29 is 26.9 Å². The first-order chi connectivity index (χ1) is 15.1. The Morgan fingerprint density at radius 1 is 0.781 bits per heavy atom. The minimum absolute atomic E-state index is 0.0666. The van der Waals surface area contributed by atoms with Gasteiger partial charge in [0.2, 0.25) is 0 Å². The average Bonchev–Trinajstić information content (AvgIpc) is 2.76. The molecule has 2 N–H and O–H groups in total. The van der Waals surface area contributed by atoms with E-state index in [0.717, 1.165) is 29.5 Å². The molecule has 3 aromatic rings. The summed E-state index contributed by atoms with van der Waals surface area (Å²) in [7, 11) is -4.02. The molecule has 32 heavy (non-hydrogen) atoms. The van der Waals surface area contributed by atoms with Crippen molar-refractivity contribution in [2.75, 3.05) is 0 Å². The average molecular weight is 461 g/mol. The summed E-state index contributed by atoms with van der Waals surface area (Å²) in [5, 5.41) is 9.80. The molecule has 1 saturated carbocycles. The molecule has 0 aliphatic heterocycles. The SMILES string of the molecule is Cc1ccc(S(=O)(=O)O)cc1.OC1CCC(c2ccc(F)cc2)(c2ccc(F)cc2)CC1. The van der Waals surface area contributed by atoms with Crippen LogP contribution in [-0.4, -0.2) is 24.2 Å². The molecule has 0 heterocycles. The summed E-state index contributed by atoms with van der Waals surface area (Å²) in [6.07, 6.45) is 2.69. The Labute approximate surface area is 187 Å². The predicted octanol–water partition coefficient (Wildman–Crippen LogP) is 5.43. The normalized spacial score (nSPS) is 16.2. The molecule has 1 fully saturated rings. The minimum Gasteiger partial charge on any atom is -0.393 e. The predicted molar refractivity (Wildman–Crippen MR) is 119 cm³/mol. The van der Waals surface area contributed by atoms with Gasteiger partial charge >= 0.3 is 0 Å². The molecule has 7 heteroatoms. The van der Waals surface area contributed by atoms with Crippen molar-refractivity contribution in [2.45, 2.75) is 49.0 Å². The lowest BCUT2D eigenvalue weighted by molar-refractivity contribution is 0.106. The first kappa shape index (κ1) is 24.0. The summed E-state index contributed by atoms with van der Waals surface area (Å²) in [5.74, 6) is -0.521. The van der Waals surface area contributed by atoms with Gasteiger partial charge in [0.05, 0.1) is 11.0 Å². The molecule has 4 rings (SSSR count). The molecule has 0 amide bonds. The summed E-state index contributed by atoms with van der Waals surface area (Å²) in [6.45, 7) is 1.84. The Morgan fingerprint density at radius 2 is 1.19 bits per heavy atom. The van der Waals surface area contributed by atoms with Gasteiger partial charge in [-0.1, -0.05) is 42.0 Å². The second-order valence-corrected chi connectivity index (χ2v) is 9.54. The fourth-order valence-corrected chi connectivity index (χ4v) is 4.57. The summed E-state index contributed by atoms with van der Waals surface area (Å²) < 4.78 is 56.0. The lowest BCUT2D eigenvalue weighted by Crippen LogP contribution is -2.34. The van der Waals surface area contributed by atoms with Crippen LogP contribution in [0.2, 0.25) is 0 Å². The van der Waals surface area contributed by atoms with Crippen molar-refractivity contribution in [2.24, 2.45) is 0 Å². The molecule has 1 aliphatic rings. The van der Waals surface area contributed by atoms with Crippen molar-refractivity contribution in [1.29, 1.82) is 0 Å². The summed E-state index contributed by atoms with van der Waals surface area (Å²) in [5.41, 5.74) is 2.75. The van der Waals surface area contributed by atoms with E-state index in [1.165, 1.54) is 36.4 Å². The van der Waals surface area contributed by atoms with Crippen LogP contribution >= 0.6 is 0 Å². The monoisotopic (exact) mass is 460 g/mol. The van der Waals surface area contributed by atoms with Gasteiger partial charge in [0.25, 0.3) is 10.1 Å². The first-order valence-electron chi connectivity index (χ1n) is 10.3. The maximum Gasteiger partial charge on any atom is 0.294 e. The minimum atomic E-state index is -4.02. The van der Waals surface area contributed by atoms with Crippen LogP contribution in [0.15, 0.2) is 77.7 Å². The molecule has 0 atom stereocenters. The summed E-state index contributed by atoms with van der Waals surface area (Å²) in [6, 6.07) is 19.1. The van der Waals surface area contributed by atoms with Gasteiger partial charge in [0.15, 0.2) is 0 Å². The first-order valence-corrected chi connectivity index (χ1v) is 11.8. The lowest BCUT2D eigenvalue weighted by atomic mass is 9.65. The van der Waals surface area contributed by atoms with Crippen LogP contribution in [0, 0.1) is 18.6 Å². The molecule has 0 aromatic heterocycles. The van der Waals surface area contributed by atoms with Crippen molar-refractivity contribution >= 4 is 10.1 Å². The number of hydrogen-bond donors (Lipinski definition) is 2. The van der Waals surface area contributed by atoms with E-state index in [2.05, 4.69) is 0 Å². The van der Waals surface area contributed by atoms with Crippen molar-refractivity contribution in [1.82, 2.24) is 0 Å². The van der Waals surface area contributed by atoms with Crippen LogP contribution in [0.25, 0.3) is 0 Å². The van der Waals surface area contributed by atoms with Gasteiger partial charge < -0.3 is 5.11 Å². The van der Waals surface area contributed by atoms with E-state index in [0.29, 0.717) is 12.8 Å². The van der Waals surface area contributed by atoms with Crippen LogP contribution in [-0.2, 0) is 15.5 Å². The number of rotatable bonds is 3. The van der Waals surface area contributed by atoms with E-state index in [-0.39, 0.29) is 28.0 Å². The van der Waals surface area contributed by atoms with Crippen LogP contribution < -0.4 is 0 Å². The van der Waals surface area contributed by atoms with Crippen molar-refractivity contribution in [3.8, 4) is 0 Å². The maximum absolute atomic E-state index is 13.2. The number of aryl methyl sites for hydroxylation is 1. The molecular formula is C25H26F2O4S. The molecule has 0 radical (unpaired) electrons. The maximum atomic E-state index is 13.2. The Hall–Kier alpha value is -2.61. The zero-order valence-corrected chi connectivity index (χ0v) is 18.5. The van der Waals surface area contributed by atoms with Crippen LogP contribution in [0.3, 0.4) is 0 Å². The molecule has 4 nitrogen and oxygen atoms in total. The fourth-order valence-electron chi connectivity index (χ4n) is 4.09. The van der Waals surface area contributed by atoms with Crippen LogP contribution in [0.1, 0.15) is 42.4 Å². The fraction of sp³-hybridized carbons (Fsp3) is 0.280. The number of halogens is 2. The molecule has 0 saturated heterocycles. The van der Waals surface area contributed by atoms with E-state index in [1.54, 1.807) is 36.4 Å². The number of aliphatic hydroxyl groups is 1. The van der Waals surface area contributed by atoms with E-state index in [4.69, 9.17) is 4.55 Å². The molecule has 0 bridgehead atoms. The topological polar surface area (TPSA) is 74.6 Å². The Balaban J connectivity index is 0.000000222. The van der Waals surface area contributed by atoms with Crippen LogP contribution in [0.5, 0.6) is 0 Å².